The van der Waals surface area contributed by atoms with Crippen LogP contribution < -0.4 is 11.1 Å². The fourth-order valence-electron chi connectivity index (χ4n) is 1.09. The summed E-state index contributed by atoms with van der Waals surface area (Å²) in [7, 11) is 0. The molecule has 0 aromatic carbocycles. The first-order chi connectivity index (χ1) is 4.81. The second-order valence-corrected chi connectivity index (χ2v) is 3.97. The molecule has 1 amide bonds. The zero-order chi connectivity index (χ0) is 9.07. The Bertz CT molecular complexity index is 138. The standard InChI is InChI=1S/C8H18N2O/c1-6(5-7(9)11)10-8(2,3)4/h6,10H,5H2,1-4H3,(H2,9,11). The zero-order valence-corrected chi connectivity index (χ0v) is 7.77. The van der Waals surface area contributed by atoms with Crippen molar-refractivity contribution in [1.29, 1.82) is 0 Å². The van der Waals surface area contributed by atoms with E-state index in [1.165, 1.54) is 0 Å². The molecule has 0 rings (SSSR count). The van der Waals surface area contributed by atoms with E-state index in [2.05, 4.69) is 26.1 Å². The maximum Gasteiger partial charge on any atom is 0.218 e. The summed E-state index contributed by atoms with van der Waals surface area (Å²) < 4.78 is 0. The average Bonchev–Trinajstić information content (AvgIpc) is 1.53. The van der Waals surface area contributed by atoms with Crippen molar-refractivity contribution in [3.63, 3.8) is 0 Å². The second-order valence-electron chi connectivity index (χ2n) is 3.97. The van der Waals surface area contributed by atoms with Gasteiger partial charge in [0.15, 0.2) is 0 Å². The number of carbonyl (C=O) groups is 1. The lowest BCUT2D eigenvalue weighted by Gasteiger charge is -2.25. The first kappa shape index (κ1) is 10.4. The molecule has 0 spiro atoms. The van der Waals surface area contributed by atoms with Gasteiger partial charge in [-0.1, -0.05) is 0 Å². The van der Waals surface area contributed by atoms with E-state index in [9.17, 15) is 4.79 Å². The molecule has 0 aromatic rings. The first-order valence-corrected chi connectivity index (χ1v) is 3.87. The average molecular weight is 158 g/mol. The van der Waals surface area contributed by atoms with Gasteiger partial charge in [0.2, 0.25) is 5.91 Å². The molecule has 11 heavy (non-hydrogen) atoms. The summed E-state index contributed by atoms with van der Waals surface area (Å²) in [6, 6.07) is 0.160. The fraction of sp³-hybridized carbons (Fsp3) is 0.875. The summed E-state index contributed by atoms with van der Waals surface area (Å²) in [5.41, 5.74) is 5.08. The third-order valence-electron chi connectivity index (χ3n) is 1.19. The highest BCUT2D eigenvalue weighted by molar-refractivity contribution is 5.74. The molecule has 0 aliphatic carbocycles. The fourth-order valence-corrected chi connectivity index (χ4v) is 1.09. The van der Waals surface area contributed by atoms with Gasteiger partial charge >= 0.3 is 0 Å². The van der Waals surface area contributed by atoms with Crippen molar-refractivity contribution in [2.75, 3.05) is 0 Å². The van der Waals surface area contributed by atoms with Crippen LogP contribution in [0.1, 0.15) is 34.1 Å². The van der Waals surface area contributed by atoms with Gasteiger partial charge in [0.25, 0.3) is 0 Å². The van der Waals surface area contributed by atoms with Crippen molar-refractivity contribution in [2.45, 2.75) is 45.7 Å². The monoisotopic (exact) mass is 158 g/mol. The Morgan fingerprint density at radius 3 is 2.27 bits per heavy atom. The van der Waals surface area contributed by atoms with E-state index in [1.807, 2.05) is 6.92 Å². The molecular weight excluding hydrogens is 140 g/mol. The van der Waals surface area contributed by atoms with E-state index in [1.54, 1.807) is 0 Å². The summed E-state index contributed by atoms with van der Waals surface area (Å²) in [6.45, 7) is 8.13. The highest BCUT2D eigenvalue weighted by atomic mass is 16.1. The number of nitrogens with one attached hydrogen (secondary N) is 1. The predicted molar refractivity (Wildman–Crippen MR) is 46.2 cm³/mol. The van der Waals surface area contributed by atoms with Crippen molar-refractivity contribution < 1.29 is 4.79 Å². The highest BCUT2D eigenvalue weighted by Gasteiger charge is 2.14. The van der Waals surface area contributed by atoms with Crippen LogP contribution in [0.2, 0.25) is 0 Å². The van der Waals surface area contributed by atoms with Gasteiger partial charge in [-0.25, -0.2) is 0 Å². The zero-order valence-electron chi connectivity index (χ0n) is 7.77. The van der Waals surface area contributed by atoms with Crippen LogP contribution in [0.25, 0.3) is 0 Å². The Balaban J connectivity index is 3.69. The van der Waals surface area contributed by atoms with Gasteiger partial charge in [0.05, 0.1) is 0 Å². The number of nitrogens with two attached hydrogens (primary N) is 1. The van der Waals surface area contributed by atoms with Gasteiger partial charge in [-0.3, -0.25) is 4.79 Å². The van der Waals surface area contributed by atoms with Crippen molar-refractivity contribution in [3.8, 4) is 0 Å². The minimum atomic E-state index is -0.255. The van der Waals surface area contributed by atoms with Gasteiger partial charge in [0, 0.05) is 18.0 Å². The van der Waals surface area contributed by atoms with E-state index in [-0.39, 0.29) is 17.5 Å². The first-order valence-electron chi connectivity index (χ1n) is 3.87. The summed E-state index contributed by atoms with van der Waals surface area (Å²) >= 11 is 0. The number of hydrogen-bond donors (Lipinski definition) is 2. The van der Waals surface area contributed by atoms with Crippen LogP contribution in [0.15, 0.2) is 0 Å². The van der Waals surface area contributed by atoms with E-state index < -0.39 is 0 Å². The van der Waals surface area contributed by atoms with E-state index in [0.29, 0.717) is 6.42 Å². The molecule has 0 aliphatic heterocycles. The third-order valence-corrected chi connectivity index (χ3v) is 1.19. The summed E-state index contributed by atoms with van der Waals surface area (Å²) in [5.74, 6) is -0.255. The van der Waals surface area contributed by atoms with Crippen LogP contribution in [0.3, 0.4) is 0 Å². The normalized spacial score (nSPS) is 14.5. The topological polar surface area (TPSA) is 55.1 Å². The van der Waals surface area contributed by atoms with Crippen molar-refractivity contribution >= 4 is 5.91 Å². The molecule has 0 fully saturated rings. The number of hydrogen-bond acceptors (Lipinski definition) is 2. The lowest BCUT2D eigenvalue weighted by molar-refractivity contribution is -0.118. The number of amides is 1. The van der Waals surface area contributed by atoms with Gasteiger partial charge < -0.3 is 11.1 Å². The minimum Gasteiger partial charge on any atom is -0.370 e. The molecule has 3 heteroatoms. The highest BCUT2D eigenvalue weighted by Crippen LogP contribution is 2.02. The molecule has 1 unspecified atom stereocenters. The Morgan fingerprint density at radius 1 is 1.55 bits per heavy atom. The molecule has 0 saturated heterocycles. The maximum atomic E-state index is 10.5. The van der Waals surface area contributed by atoms with Crippen LogP contribution in [-0.4, -0.2) is 17.5 Å². The number of primary amides is 1. The van der Waals surface area contributed by atoms with Gasteiger partial charge in [-0.05, 0) is 27.7 Å². The Morgan fingerprint density at radius 2 is 2.00 bits per heavy atom. The molecule has 3 nitrogen and oxygen atoms in total. The molecule has 0 saturated carbocycles. The Hall–Kier alpha value is -0.570. The summed E-state index contributed by atoms with van der Waals surface area (Å²) in [5, 5.41) is 3.25. The molecule has 3 N–H and O–H groups in total. The largest absolute Gasteiger partial charge is 0.370 e. The van der Waals surface area contributed by atoms with E-state index in [0.717, 1.165) is 0 Å². The summed E-state index contributed by atoms with van der Waals surface area (Å²) in [4.78, 5) is 10.5. The molecular formula is C8H18N2O. The Kier molecular flexibility index (Phi) is 3.52. The summed E-state index contributed by atoms with van der Waals surface area (Å²) in [6.07, 6.45) is 0.400. The SMILES string of the molecule is CC(CC(N)=O)NC(C)(C)C. The third kappa shape index (κ3) is 7.33. The van der Waals surface area contributed by atoms with Crippen LogP contribution in [0.4, 0.5) is 0 Å². The number of rotatable bonds is 3. The van der Waals surface area contributed by atoms with E-state index in [4.69, 9.17) is 5.73 Å². The molecule has 0 aromatic heterocycles. The van der Waals surface area contributed by atoms with Crippen molar-refractivity contribution in [3.05, 3.63) is 0 Å². The van der Waals surface area contributed by atoms with Crippen molar-refractivity contribution in [2.24, 2.45) is 5.73 Å². The van der Waals surface area contributed by atoms with Crippen LogP contribution in [-0.2, 0) is 4.79 Å². The van der Waals surface area contributed by atoms with Gasteiger partial charge in [-0.2, -0.15) is 0 Å². The van der Waals surface area contributed by atoms with Crippen molar-refractivity contribution in [1.82, 2.24) is 5.32 Å². The lowest BCUT2D eigenvalue weighted by Crippen LogP contribution is -2.43. The van der Waals surface area contributed by atoms with E-state index >= 15 is 0 Å². The van der Waals surface area contributed by atoms with Crippen LogP contribution in [0.5, 0.6) is 0 Å². The lowest BCUT2D eigenvalue weighted by atomic mass is 10.1. The second kappa shape index (κ2) is 3.72. The molecule has 0 bridgehead atoms. The molecule has 1 atom stereocenters. The smallest absolute Gasteiger partial charge is 0.218 e. The molecule has 0 heterocycles. The molecule has 0 aliphatic rings. The van der Waals surface area contributed by atoms with Crippen LogP contribution in [0, 0.1) is 0 Å². The Labute approximate surface area is 68.3 Å². The minimum absolute atomic E-state index is 0.0505. The molecule has 66 valence electrons. The van der Waals surface area contributed by atoms with Gasteiger partial charge in [-0.15, -0.1) is 0 Å². The number of carbonyl (C=O) groups excluding carboxylic acids is 1. The quantitative estimate of drug-likeness (QED) is 0.633. The van der Waals surface area contributed by atoms with Gasteiger partial charge in [0.1, 0.15) is 0 Å². The van der Waals surface area contributed by atoms with Crippen LogP contribution >= 0.6 is 0 Å². The molecule has 0 radical (unpaired) electrons. The maximum absolute atomic E-state index is 10.5. The predicted octanol–water partition coefficient (Wildman–Crippen LogP) is 0.638.